The molecule has 0 heteroatoms. The fourth-order valence-corrected chi connectivity index (χ4v) is 8.85. The van der Waals surface area contributed by atoms with E-state index in [1.54, 1.807) is 5.57 Å². The molecule has 5 aromatic carbocycles. The summed E-state index contributed by atoms with van der Waals surface area (Å²) in [5, 5.41) is 0. The molecule has 8 rings (SSSR count). The first-order valence-electron chi connectivity index (χ1n) is 16.7. The number of fused-ring (bicyclic) bond motifs is 5. The van der Waals surface area contributed by atoms with Gasteiger partial charge in [0.15, 0.2) is 0 Å². The van der Waals surface area contributed by atoms with Gasteiger partial charge in [-0.05, 0) is 92.0 Å². The zero-order chi connectivity index (χ0) is 30.8. The van der Waals surface area contributed by atoms with Crippen LogP contribution >= 0.6 is 0 Å². The van der Waals surface area contributed by atoms with Crippen molar-refractivity contribution < 1.29 is 0 Å². The average Bonchev–Trinajstić information content (AvgIpc) is 3.45. The van der Waals surface area contributed by atoms with Gasteiger partial charge in [0.25, 0.3) is 0 Å². The van der Waals surface area contributed by atoms with Crippen LogP contribution in [0.25, 0.3) is 27.8 Å². The molecular formula is C45H42. The topological polar surface area (TPSA) is 0 Å². The Morgan fingerprint density at radius 1 is 0.600 bits per heavy atom. The van der Waals surface area contributed by atoms with Crippen molar-refractivity contribution in [2.45, 2.75) is 63.7 Å². The van der Waals surface area contributed by atoms with Crippen molar-refractivity contribution in [3.8, 4) is 22.3 Å². The first kappa shape index (κ1) is 28.1. The van der Waals surface area contributed by atoms with E-state index >= 15 is 0 Å². The van der Waals surface area contributed by atoms with Crippen LogP contribution in [0.2, 0.25) is 0 Å². The summed E-state index contributed by atoms with van der Waals surface area (Å²) in [6, 6.07) is 45.4. The predicted octanol–water partition coefficient (Wildman–Crippen LogP) is 11.9. The summed E-state index contributed by atoms with van der Waals surface area (Å²) in [5.41, 5.74) is 17.3. The molecule has 0 radical (unpaired) electrons. The van der Waals surface area contributed by atoms with E-state index in [1.165, 1.54) is 61.2 Å². The quantitative estimate of drug-likeness (QED) is 0.187. The Hall–Kier alpha value is -4.42. The Bertz CT molecular complexity index is 1960. The highest BCUT2D eigenvalue weighted by atomic mass is 14.4. The fraction of sp³-hybridized carbons (Fsp3) is 0.244. The molecule has 3 aliphatic rings. The van der Waals surface area contributed by atoms with Crippen molar-refractivity contribution in [1.82, 2.24) is 0 Å². The summed E-state index contributed by atoms with van der Waals surface area (Å²) in [4.78, 5) is 0. The van der Waals surface area contributed by atoms with Crippen molar-refractivity contribution in [2.24, 2.45) is 5.92 Å². The molecule has 0 heterocycles. The molecule has 0 nitrogen and oxygen atoms in total. The summed E-state index contributed by atoms with van der Waals surface area (Å²) in [5.74, 6) is 0.869. The Kier molecular flexibility index (Phi) is 6.61. The minimum absolute atomic E-state index is 0.0334. The van der Waals surface area contributed by atoms with E-state index in [0.717, 1.165) is 19.3 Å². The number of allylic oxidation sites excluding steroid dienone is 4. The highest BCUT2D eigenvalue weighted by molar-refractivity contribution is 5.84. The highest BCUT2D eigenvalue weighted by Crippen LogP contribution is 2.54. The Balaban J connectivity index is 1.16. The third-order valence-electron chi connectivity index (χ3n) is 11.2. The average molecular weight is 583 g/mol. The van der Waals surface area contributed by atoms with Gasteiger partial charge in [0, 0.05) is 16.7 Å². The molecule has 0 fully saturated rings. The fourth-order valence-electron chi connectivity index (χ4n) is 8.85. The van der Waals surface area contributed by atoms with Crippen LogP contribution in [0.1, 0.15) is 86.3 Å². The monoisotopic (exact) mass is 582 g/mol. The molecule has 0 N–H and O–H groups in total. The van der Waals surface area contributed by atoms with Crippen molar-refractivity contribution in [3.63, 3.8) is 0 Å². The van der Waals surface area contributed by atoms with Gasteiger partial charge in [-0.2, -0.15) is 0 Å². The van der Waals surface area contributed by atoms with Crippen molar-refractivity contribution in [2.75, 3.05) is 0 Å². The zero-order valence-electron chi connectivity index (χ0n) is 27.0. The normalized spacial score (nSPS) is 19.1. The predicted molar refractivity (Wildman–Crippen MR) is 191 cm³/mol. The molecule has 222 valence electrons. The molecule has 0 saturated heterocycles. The lowest BCUT2D eigenvalue weighted by atomic mass is 9.73. The van der Waals surface area contributed by atoms with E-state index in [0.29, 0.717) is 11.8 Å². The minimum atomic E-state index is -0.0334. The van der Waals surface area contributed by atoms with Crippen LogP contribution in [0.4, 0.5) is 0 Å². The minimum Gasteiger partial charge on any atom is -0.0808 e. The third kappa shape index (κ3) is 4.49. The zero-order valence-corrected chi connectivity index (χ0v) is 27.0. The maximum absolute atomic E-state index is 2.53. The van der Waals surface area contributed by atoms with Crippen molar-refractivity contribution >= 4 is 5.57 Å². The van der Waals surface area contributed by atoms with Crippen LogP contribution in [-0.4, -0.2) is 0 Å². The second-order valence-corrected chi connectivity index (χ2v) is 14.4. The Labute approximate surface area is 269 Å². The van der Waals surface area contributed by atoms with Crippen LogP contribution < -0.4 is 0 Å². The lowest BCUT2D eigenvalue weighted by Gasteiger charge is -2.30. The molecule has 0 spiro atoms. The summed E-state index contributed by atoms with van der Waals surface area (Å²) < 4.78 is 0. The Morgan fingerprint density at radius 2 is 1.22 bits per heavy atom. The summed E-state index contributed by atoms with van der Waals surface area (Å²) in [6.45, 7) is 9.63. The summed E-state index contributed by atoms with van der Waals surface area (Å²) in [6.07, 6.45) is 8.41. The summed E-state index contributed by atoms with van der Waals surface area (Å²) >= 11 is 0. The second kappa shape index (κ2) is 10.6. The van der Waals surface area contributed by atoms with E-state index < -0.39 is 0 Å². The molecular weight excluding hydrogens is 540 g/mol. The second-order valence-electron chi connectivity index (χ2n) is 14.4. The smallest absolute Gasteiger partial charge is 0.0161 e. The largest absolute Gasteiger partial charge is 0.0808 e. The van der Waals surface area contributed by atoms with Crippen LogP contribution in [0, 0.1) is 5.92 Å². The number of benzene rings is 5. The van der Waals surface area contributed by atoms with Gasteiger partial charge in [-0.1, -0.05) is 161 Å². The van der Waals surface area contributed by atoms with Crippen LogP contribution in [0.15, 0.2) is 139 Å². The van der Waals surface area contributed by atoms with Crippen molar-refractivity contribution in [3.05, 3.63) is 172 Å². The molecule has 45 heavy (non-hydrogen) atoms. The number of hydrogen-bond donors (Lipinski definition) is 0. The molecule has 0 aliphatic heterocycles. The lowest BCUT2D eigenvalue weighted by Crippen LogP contribution is -2.19. The van der Waals surface area contributed by atoms with E-state index in [4.69, 9.17) is 0 Å². The summed E-state index contributed by atoms with van der Waals surface area (Å²) in [7, 11) is 0. The molecule has 0 saturated carbocycles. The van der Waals surface area contributed by atoms with Gasteiger partial charge < -0.3 is 0 Å². The van der Waals surface area contributed by atoms with Gasteiger partial charge in [0.05, 0.1) is 0 Å². The van der Waals surface area contributed by atoms with Gasteiger partial charge in [0.1, 0.15) is 0 Å². The maximum Gasteiger partial charge on any atom is 0.0161 e. The van der Waals surface area contributed by atoms with Gasteiger partial charge in [0.2, 0.25) is 0 Å². The Morgan fingerprint density at radius 3 is 1.98 bits per heavy atom. The first-order chi connectivity index (χ1) is 21.8. The van der Waals surface area contributed by atoms with Crippen LogP contribution in [0.3, 0.4) is 0 Å². The SMILES string of the molecule is CC1(C)C2=C(CC(CCC(c3ccc(-c4ccccc4)cc3)c3cccc4c3C(C)(C)c3ccccc3-4)C=C2)c2ccccc21. The maximum atomic E-state index is 2.53. The van der Waals surface area contributed by atoms with Gasteiger partial charge >= 0.3 is 0 Å². The van der Waals surface area contributed by atoms with Crippen LogP contribution in [-0.2, 0) is 10.8 Å². The third-order valence-corrected chi connectivity index (χ3v) is 11.2. The lowest BCUT2D eigenvalue weighted by molar-refractivity contribution is 0.531. The van der Waals surface area contributed by atoms with Crippen molar-refractivity contribution in [1.29, 1.82) is 0 Å². The first-order valence-corrected chi connectivity index (χ1v) is 16.7. The van der Waals surface area contributed by atoms with Crippen LogP contribution in [0.5, 0.6) is 0 Å². The van der Waals surface area contributed by atoms with Gasteiger partial charge in [-0.3, -0.25) is 0 Å². The number of rotatable bonds is 6. The number of hydrogen-bond acceptors (Lipinski definition) is 0. The molecule has 0 bridgehead atoms. The molecule has 2 unspecified atom stereocenters. The standard InChI is InChI=1S/C45H42/c1-44(2)40-19-10-9-16-36(40)39-29-30(22-28-42(39)44)21-27-34(33-25-23-32(24-26-33)31-13-6-5-7-14-31)37-17-12-18-38-35-15-8-11-20-41(35)45(3,4)43(37)38/h5-20,22-26,28,30,34H,21,27,29H2,1-4H3. The molecule has 5 aromatic rings. The van der Waals surface area contributed by atoms with E-state index in [1.807, 2.05) is 0 Å². The van der Waals surface area contributed by atoms with Gasteiger partial charge in [-0.25, -0.2) is 0 Å². The molecule has 2 atom stereocenters. The van der Waals surface area contributed by atoms with Gasteiger partial charge in [-0.15, -0.1) is 0 Å². The molecule has 0 amide bonds. The van der Waals surface area contributed by atoms with E-state index in [-0.39, 0.29) is 10.8 Å². The molecule has 0 aromatic heterocycles. The highest BCUT2D eigenvalue weighted by Gasteiger charge is 2.40. The van der Waals surface area contributed by atoms with E-state index in [9.17, 15) is 0 Å². The molecule has 3 aliphatic carbocycles. The van der Waals surface area contributed by atoms with E-state index in [2.05, 4.69) is 161 Å².